The third-order valence-electron chi connectivity index (χ3n) is 3.37. The Balaban J connectivity index is 2.54. The molecule has 0 radical (unpaired) electrons. The molecule has 0 fully saturated rings. The van der Waals surface area contributed by atoms with Crippen molar-refractivity contribution in [2.45, 2.75) is 33.1 Å². The van der Waals surface area contributed by atoms with E-state index in [9.17, 15) is 5.11 Å². The number of aliphatic hydroxyl groups is 1. The van der Waals surface area contributed by atoms with Crippen LogP contribution >= 0.6 is 0 Å². The van der Waals surface area contributed by atoms with E-state index in [1.54, 1.807) is 4.68 Å². The van der Waals surface area contributed by atoms with Crippen molar-refractivity contribution in [3.63, 3.8) is 0 Å². The topological polar surface area (TPSA) is 38.0 Å². The molecule has 0 unspecified atom stereocenters. The summed E-state index contributed by atoms with van der Waals surface area (Å²) >= 11 is 0. The molecule has 0 bridgehead atoms. The Hall–Kier alpha value is -2.47. The van der Waals surface area contributed by atoms with Crippen molar-refractivity contribution in [2.75, 3.05) is 0 Å². The van der Waals surface area contributed by atoms with Crippen molar-refractivity contribution in [3.8, 4) is 18.0 Å². The predicted octanol–water partition coefficient (Wildman–Crippen LogP) is 3.99. The first-order chi connectivity index (χ1) is 9.74. The lowest BCUT2D eigenvalue weighted by Gasteiger charge is -2.15. The molecule has 0 saturated carbocycles. The van der Waals surface area contributed by atoms with Gasteiger partial charge in [-0.25, -0.2) is 4.68 Å². The van der Waals surface area contributed by atoms with Gasteiger partial charge in [0.2, 0.25) is 0 Å². The Bertz CT molecular complexity index is 740. The van der Waals surface area contributed by atoms with Crippen LogP contribution in [-0.4, -0.2) is 14.9 Å². The highest BCUT2D eigenvalue weighted by atomic mass is 16.3. The highest BCUT2D eigenvalue weighted by Crippen LogP contribution is 2.26. The maximum Gasteiger partial charge on any atom is 0.115 e. The third kappa shape index (κ3) is 2.85. The summed E-state index contributed by atoms with van der Waals surface area (Å²) in [5, 5.41) is 14.1. The zero-order valence-electron chi connectivity index (χ0n) is 12.9. The molecule has 1 aromatic heterocycles. The van der Waals surface area contributed by atoms with Gasteiger partial charge in [0, 0.05) is 17.2 Å². The molecule has 3 heteroatoms. The van der Waals surface area contributed by atoms with Crippen molar-refractivity contribution in [1.82, 2.24) is 9.78 Å². The smallest absolute Gasteiger partial charge is 0.115 e. The second-order valence-electron chi connectivity index (χ2n) is 6.18. The van der Waals surface area contributed by atoms with Gasteiger partial charge in [-0.2, -0.15) is 5.10 Å². The summed E-state index contributed by atoms with van der Waals surface area (Å²) < 4.78 is 1.78. The third-order valence-corrected chi connectivity index (χ3v) is 3.37. The Morgan fingerprint density at radius 3 is 2.48 bits per heavy atom. The molecule has 0 atom stereocenters. The summed E-state index contributed by atoms with van der Waals surface area (Å²) in [5.41, 5.74) is 4.18. The van der Waals surface area contributed by atoms with Crippen LogP contribution in [0.25, 0.3) is 11.4 Å². The van der Waals surface area contributed by atoms with E-state index in [2.05, 4.69) is 38.4 Å². The molecule has 0 aliphatic rings. The average molecular weight is 280 g/mol. The SMILES string of the molecule is C#Cc1cn(-c2ccc(C(=C)O)c(C)c2)nc1C(C)(C)C. The summed E-state index contributed by atoms with van der Waals surface area (Å²) in [6.45, 7) is 11.7. The first-order valence-corrected chi connectivity index (χ1v) is 6.80. The van der Waals surface area contributed by atoms with Gasteiger partial charge in [-0.05, 0) is 30.7 Å². The zero-order valence-corrected chi connectivity index (χ0v) is 12.9. The van der Waals surface area contributed by atoms with Gasteiger partial charge in [0.25, 0.3) is 0 Å². The molecule has 1 heterocycles. The molecule has 0 aliphatic carbocycles. The van der Waals surface area contributed by atoms with Crippen molar-refractivity contribution >= 4 is 5.76 Å². The van der Waals surface area contributed by atoms with E-state index < -0.39 is 0 Å². The first-order valence-electron chi connectivity index (χ1n) is 6.80. The Labute approximate surface area is 125 Å². The fourth-order valence-electron chi connectivity index (χ4n) is 2.28. The molecule has 3 nitrogen and oxygen atoms in total. The van der Waals surface area contributed by atoms with Gasteiger partial charge in [0.15, 0.2) is 0 Å². The predicted molar refractivity (Wildman–Crippen MR) is 86.6 cm³/mol. The number of benzene rings is 1. The minimum Gasteiger partial charge on any atom is -0.508 e. The van der Waals surface area contributed by atoms with E-state index in [0.29, 0.717) is 0 Å². The van der Waals surface area contributed by atoms with Crippen molar-refractivity contribution in [2.24, 2.45) is 0 Å². The highest BCUT2D eigenvalue weighted by Gasteiger charge is 2.22. The summed E-state index contributed by atoms with van der Waals surface area (Å²) in [6.07, 6.45) is 7.45. The zero-order chi connectivity index (χ0) is 15.8. The molecule has 0 aliphatic heterocycles. The molecule has 2 rings (SSSR count). The van der Waals surface area contributed by atoms with Gasteiger partial charge in [-0.3, -0.25) is 0 Å². The molecule has 1 N–H and O–H groups in total. The summed E-state index contributed by atoms with van der Waals surface area (Å²) in [4.78, 5) is 0. The normalized spacial score (nSPS) is 11.2. The van der Waals surface area contributed by atoms with E-state index in [-0.39, 0.29) is 11.2 Å². The fourth-order valence-corrected chi connectivity index (χ4v) is 2.28. The van der Waals surface area contributed by atoms with Crippen LogP contribution in [0.3, 0.4) is 0 Å². The lowest BCUT2D eigenvalue weighted by Crippen LogP contribution is -2.14. The number of nitrogens with zero attached hydrogens (tertiary/aromatic N) is 2. The van der Waals surface area contributed by atoms with Gasteiger partial charge in [0.05, 0.1) is 16.9 Å². The number of hydrogen-bond donors (Lipinski definition) is 1. The monoisotopic (exact) mass is 280 g/mol. The number of terminal acetylenes is 1. The molecule has 1 aromatic carbocycles. The van der Waals surface area contributed by atoms with Crippen LogP contribution in [0.5, 0.6) is 0 Å². The minimum atomic E-state index is -0.110. The summed E-state index contributed by atoms with van der Waals surface area (Å²) in [7, 11) is 0. The van der Waals surface area contributed by atoms with E-state index >= 15 is 0 Å². The van der Waals surface area contributed by atoms with Crippen LogP contribution in [-0.2, 0) is 5.41 Å². The number of aromatic nitrogens is 2. The number of aliphatic hydroxyl groups excluding tert-OH is 1. The van der Waals surface area contributed by atoms with Gasteiger partial charge in [0.1, 0.15) is 5.76 Å². The summed E-state index contributed by atoms with van der Waals surface area (Å²) in [6, 6.07) is 5.68. The van der Waals surface area contributed by atoms with Gasteiger partial charge < -0.3 is 5.11 Å². The Kier molecular flexibility index (Phi) is 3.65. The first kappa shape index (κ1) is 14.9. The maximum absolute atomic E-state index is 9.52. The van der Waals surface area contributed by atoms with Crippen LogP contribution in [0, 0.1) is 19.3 Å². The molecule has 0 saturated heterocycles. The molecule has 0 spiro atoms. The van der Waals surface area contributed by atoms with Crippen LogP contribution in [0.1, 0.15) is 43.2 Å². The van der Waals surface area contributed by atoms with Crippen LogP contribution in [0.15, 0.2) is 31.0 Å². The van der Waals surface area contributed by atoms with Crippen molar-refractivity contribution in [3.05, 3.63) is 53.4 Å². The van der Waals surface area contributed by atoms with Crippen molar-refractivity contribution in [1.29, 1.82) is 0 Å². The quantitative estimate of drug-likeness (QED) is 0.667. The van der Waals surface area contributed by atoms with Crippen LogP contribution in [0.4, 0.5) is 0 Å². The number of rotatable bonds is 2. The second-order valence-corrected chi connectivity index (χ2v) is 6.18. The van der Waals surface area contributed by atoms with Gasteiger partial charge in [-0.1, -0.05) is 33.3 Å². The van der Waals surface area contributed by atoms with Crippen molar-refractivity contribution < 1.29 is 5.11 Å². The molecule has 21 heavy (non-hydrogen) atoms. The second kappa shape index (κ2) is 5.14. The lowest BCUT2D eigenvalue weighted by atomic mass is 9.90. The van der Waals surface area contributed by atoms with Crippen LogP contribution in [0.2, 0.25) is 0 Å². The highest BCUT2D eigenvalue weighted by molar-refractivity contribution is 5.61. The molecule has 108 valence electrons. The fraction of sp³-hybridized carbons (Fsp3) is 0.278. The largest absolute Gasteiger partial charge is 0.508 e. The Morgan fingerprint density at radius 1 is 1.38 bits per heavy atom. The Morgan fingerprint density at radius 2 is 2.05 bits per heavy atom. The van der Waals surface area contributed by atoms with E-state index in [1.807, 2.05) is 31.3 Å². The maximum atomic E-state index is 9.52. The minimum absolute atomic E-state index is 0.0687. The molecule has 2 aromatic rings. The molecule has 0 amide bonds. The van der Waals surface area contributed by atoms with Gasteiger partial charge in [-0.15, -0.1) is 6.42 Å². The summed E-state index contributed by atoms with van der Waals surface area (Å²) in [5.74, 6) is 2.77. The van der Waals surface area contributed by atoms with E-state index in [1.165, 1.54) is 0 Å². The van der Waals surface area contributed by atoms with Crippen LogP contribution < -0.4 is 0 Å². The standard InChI is InChI=1S/C18H20N2O/c1-7-14-11-20(19-17(14)18(4,5)6)15-8-9-16(13(3)21)12(2)10-15/h1,8-11,21H,3H2,2,4-6H3. The molecular weight excluding hydrogens is 260 g/mol. The average Bonchev–Trinajstić information content (AvgIpc) is 2.82. The number of aryl methyl sites for hydroxylation is 1. The lowest BCUT2D eigenvalue weighted by molar-refractivity contribution is 0.513. The van der Waals surface area contributed by atoms with E-state index in [0.717, 1.165) is 28.1 Å². The van der Waals surface area contributed by atoms with Gasteiger partial charge >= 0.3 is 0 Å². The number of hydrogen-bond acceptors (Lipinski definition) is 2. The van der Waals surface area contributed by atoms with E-state index in [4.69, 9.17) is 6.42 Å². The molecular formula is C18H20N2O.